The minimum absolute atomic E-state index is 0.873. The quantitative estimate of drug-likeness (QED) is 0.667. The average Bonchev–Trinajstić information content (AvgIpc) is 2.82. The Morgan fingerprint density at radius 2 is 1.88 bits per heavy atom. The molecule has 1 aromatic carbocycles. The number of imidazole rings is 1. The summed E-state index contributed by atoms with van der Waals surface area (Å²) in [7, 11) is 1.67. The monoisotopic (exact) mass is 225 g/mol. The van der Waals surface area contributed by atoms with Gasteiger partial charge in [-0.3, -0.25) is 0 Å². The van der Waals surface area contributed by atoms with Crippen LogP contribution < -0.4 is 9.14 Å². The number of hydrogen-bond donors (Lipinski definition) is 1. The normalized spacial score (nSPS) is 10.6. The van der Waals surface area contributed by atoms with Crippen LogP contribution in [0.15, 0.2) is 54.9 Å². The summed E-state index contributed by atoms with van der Waals surface area (Å²) in [5.41, 5.74) is 3.33. The number of hydrogen-bond acceptors (Lipinski definition) is 1. The number of nitrogens with one attached hydrogen (secondary N) is 1. The summed E-state index contributed by atoms with van der Waals surface area (Å²) in [5.74, 6) is 0.873. The molecule has 0 aliphatic rings. The van der Waals surface area contributed by atoms with Crippen LogP contribution >= 0.6 is 0 Å². The van der Waals surface area contributed by atoms with Gasteiger partial charge in [-0.15, -0.1) is 0 Å². The Kier molecular flexibility index (Phi) is 2.29. The van der Waals surface area contributed by atoms with E-state index < -0.39 is 0 Å². The molecule has 0 saturated heterocycles. The zero-order chi connectivity index (χ0) is 11.7. The van der Waals surface area contributed by atoms with Gasteiger partial charge in [-0.1, -0.05) is 6.07 Å². The summed E-state index contributed by atoms with van der Waals surface area (Å²) in [4.78, 5) is 3.37. The molecular formula is C14H13N2O+. The summed E-state index contributed by atoms with van der Waals surface area (Å²) in [6.07, 6.45) is 4.11. The summed E-state index contributed by atoms with van der Waals surface area (Å²) in [5, 5.41) is 0. The Morgan fingerprint density at radius 3 is 2.59 bits per heavy atom. The molecular weight excluding hydrogens is 212 g/mol. The fourth-order valence-corrected chi connectivity index (χ4v) is 1.90. The molecule has 0 aliphatic heterocycles. The number of methoxy groups -OCH3 is 1. The Bertz CT molecular complexity index is 608. The van der Waals surface area contributed by atoms with E-state index >= 15 is 0 Å². The standard InChI is InChI=1S/C14H12N2O/c1-17-12-7-5-11(6-8-12)13-10-16-9-3-2-4-14(16)15-13/h2-10H,1H3/p+1. The van der Waals surface area contributed by atoms with Crippen LogP contribution in [-0.2, 0) is 0 Å². The Morgan fingerprint density at radius 1 is 1.06 bits per heavy atom. The van der Waals surface area contributed by atoms with Crippen LogP contribution in [0.3, 0.4) is 0 Å². The third-order valence-electron chi connectivity index (χ3n) is 2.82. The molecule has 0 spiro atoms. The topological polar surface area (TPSA) is 29.1 Å². The SMILES string of the molecule is COc1ccc(-c2c[n+]3ccccc3[nH]2)cc1. The Labute approximate surface area is 99.3 Å². The number of aromatic amines is 1. The van der Waals surface area contributed by atoms with Gasteiger partial charge < -0.3 is 4.74 Å². The lowest BCUT2D eigenvalue weighted by atomic mass is 10.2. The Balaban J connectivity index is 2.07. The van der Waals surface area contributed by atoms with Crippen LogP contribution in [0.1, 0.15) is 0 Å². The molecule has 84 valence electrons. The van der Waals surface area contributed by atoms with E-state index in [1.54, 1.807) is 7.11 Å². The molecule has 3 nitrogen and oxygen atoms in total. The van der Waals surface area contributed by atoms with Crippen LogP contribution in [0, 0.1) is 0 Å². The van der Waals surface area contributed by atoms with Crippen molar-refractivity contribution in [2.24, 2.45) is 0 Å². The van der Waals surface area contributed by atoms with Crippen molar-refractivity contribution in [3.8, 4) is 17.0 Å². The van der Waals surface area contributed by atoms with Crippen LogP contribution in [0.2, 0.25) is 0 Å². The maximum absolute atomic E-state index is 5.15. The third kappa shape index (κ3) is 1.76. The molecule has 2 aromatic heterocycles. The number of nitrogens with zero attached hydrogens (tertiary/aromatic N) is 1. The fraction of sp³-hybridized carbons (Fsp3) is 0.0714. The second-order valence-corrected chi connectivity index (χ2v) is 3.89. The highest BCUT2D eigenvalue weighted by atomic mass is 16.5. The van der Waals surface area contributed by atoms with Crippen molar-refractivity contribution in [1.29, 1.82) is 0 Å². The predicted molar refractivity (Wildman–Crippen MR) is 65.9 cm³/mol. The summed E-state index contributed by atoms with van der Waals surface area (Å²) in [6.45, 7) is 0. The van der Waals surface area contributed by atoms with Crippen LogP contribution in [-0.4, -0.2) is 12.1 Å². The van der Waals surface area contributed by atoms with Gasteiger partial charge >= 0.3 is 0 Å². The minimum atomic E-state index is 0.873. The maximum atomic E-state index is 5.15. The number of rotatable bonds is 2. The Hall–Kier alpha value is -2.29. The number of aromatic nitrogens is 2. The molecule has 0 bridgehead atoms. The second kappa shape index (κ2) is 3.94. The molecule has 3 heteroatoms. The highest BCUT2D eigenvalue weighted by Gasteiger charge is 2.09. The summed E-state index contributed by atoms with van der Waals surface area (Å²) < 4.78 is 7.22. The van der Waals surface area contributed by atoms with Gasteiger partial charge in [0.1, 0.15) is 11.9 Å². The van der Waals surface area contributed by atoms with E-state index in [-0.39, 0.29) is 0 Å². The van der Waals surface area contributed by atoms with E-state index in [1.807, 2.05) is 48.7 Å². The van der Waals surface area contributed by atoms with Gasteiger partial charge in [-0.05, 0) is 30.3 Å². The fourth-order valence-electron chi connectivity index (χ4n) is 1.90. The largest absolute Gasteiger partial charge is 0.497 e. The summed E-state index contributed by atoms with van der Waals surface area (Å²) >= 11 is 0. The van der Waals surface area contributed by atoms with Gasteiger partial charge in [0.2, 0.25) is 0 Å². The molecule has 3 rings (SSSR count). The van der Waals surface area contributed by atoms with Gasteiger partial charge in [-0.2, -0.15) is 0 Å². The smallest absolute Gasteiger partial charge is 0.284 e. The lowest BCUT2D eigenvalue weighted by molar-refractivity contribution is -0.509. The van der Waals surface area contributed by atoms with Crippen molar-refractivity contribution in [3.63, 3.8) is 0 Å². The van der Waals surface area contributed by atoms with Crippen LogP contribution in [0.4, 0.5) is 0 Å². The molecule has 3 aromatic rings. The lowest BCUT2D eigenvalue weighted by Crippen LogP contribution is -2.15. The van der Waals surface area contributed by atoms with E-state index in [0.717, 1.165) is 22.7 Å². The molecule has 0 fully saturated rings. The van der Waals surface area contributed by atoms with Crippen molar-refractivity contribution < 1.29 is 9.14 Å². The molecule has 0 saturated carbocycles. The molecule has 0 radical (unpaired) electrons. The first-order valence-corrected chi connectivity index (χ1v) is 5.50. The van der Waals surface area contributed by atoms with Crippen LogP contribution in [0.5, 0.6) is 5.75 Å². The molecule has 2 heterocycles. The zero-order valence-electron chi connectivity index (χ0n) is 9.55. The van der Waals surface area contributed by atoms with Gasteiger partial charge in [0.25, 0.3) is 5.65 Å². The van der Waals surface area contributed by atoms with Crippen LogP contribution in [0.25, 0.3) is 16.9 Å². The van der Waals surface area contributed by atoms with Gasteiger partial charge in [0.05, 0.1) is 13.3 Å². The second-order valence-electron chi connectivity index (χ2n) is 3.89. The number of H-pyrrole nitrogens is 1. The van der Waals surface area contributed by atoms with Crippen molar-refractivity contribution in [2.75, 3.05) is 7.11 Å². The highest BCUT2D eigenvalue weighted by molar-refractivity contribution is 5.60. The minimum Gasteiger partial charge on any atom is -0.497 e. The maximum Gasteiger partial charge on any atom is 0.284 e. The molecule has 17 heavy (non-hydrogen) atoms. The predicted octanol–water partition coefficient (Wildman–Crippen LogP) is 2.43. The van der Waals surface area contributed by atoms with Crippen molar-refractivity contribution >= 4 is 5.65 Å². The van der Waals surface area contributed by atoms with E-state index in [1.165, 1.54) is 0 Å². The number of pyridine rings is 1. The zero-order valence-corrected chi connectivity index (χ0v) is 9.55. The average molecular weight is 225 g/mol. The van der Waals surface area contributed by atoms with Gasteiger partial charge in [0, 0.05) is 11.6 Å². The van der Waals surface area contributed by atoms with Crippen molar-refractivity contribution in [1.82, 2.24) is 4.98 Å². The molecule has 0 amide bonds. The van der Waals surface area contributed by atoms with Crippen molar-refractivity contribution in [2.45, 2.75) is 0 Å². The van der Waals surface area contributed by atoms with Crippen molar-refractivity contribution in [3.05, 3.63) is 54.9 Å². The molecule has 0 unspecified atom stereocenters. The number of ether oxygens (including phenoxy) is 1. The molecule has 1 N–H and O–H groups in total. The highest BCUT2D eigenvalue weighted by Crippen LogP contribution is 2.20. The van der Waals surface area contributed by atoms with E-state index in [9.17, 15) is 0 Å². The van der Waals surface area contributed by atoms with E-state index in [4.69, 9.17) is 4.74 Å². The van der Waals surface area contributed by atoms with E-state index in [0.29, 0.717) is 0 Å². The molecule has 0 aliphatic carbocycles. The number of benzene rings is 1. The third-order valence-corrected chi connectivity index (χ3v) is 2.82. The first-order chi connectivity index (χ1) is 8.36. The van der Waals surface area contributed by atoms with Gasteiger partial charge in [-0.25, -0.2) is 9.38 Å². The number of fused-ring (bicyclic) bond motifs is 1. The molecule has 0 atom stereocenters. The lowest BCUT2D eigenvalue weighted by Gasteiger charge is -1.98. The first-order valence-electron chi connectivity index (χ1n) is 5.50. The summed E-state index contributed by atoms with van der Waals surface area (Å²) in [6, 6.07) is 14.1. The van der Waals surface area contributed by atoms with Gasteiger partial charge in [0.15, 0.2) is 5.69 Å². The first kappa shape index (κ1) is 9.90. The van der Waals surface area contributed by atoms with E-state index in [2.05, 4.69) is 15.6 Å².